The average molecular weight is 422 g/mol. The van der Waals surface area contributed by atoms with Crippen molar-refractivity contribution in [1.82, 2.24) is 15.5 Å². The van der Waals surface area contributed by atoms with Crippen molar-refractivity contribution in [1.29, 1.82) is 0 Å². The Morgan fingerprint density at radius 3 is 2.82 bits per heavy atom. The van der Waals surface area contributed by atoms with Gasteiger partial charge in [-0.2, -0.15) is 0 Å². The van der Waals surface area contributed by atoms with Gasteiger partial charge in [0.05, 0.1) is 0 Å². The Balaban J connectivity index is 0.00000242. The van der Waals surface area contributed by atoms with E-state index >= 15 is 0 Å². The first-order valence-corrected chi connectivity index (χ1v) is 8.59. The third-order valence-electron chi connectivity index (χ3n) is 4.12. The molecule has 5 nitrogen and oxygen atoms in total. The summed E-state index contributed by atoms with van der Waals surface area (Å²) in [5, 5.41) is 6.66. The molecule has 0 aromatic carbocycles. The van der Waals surface area contributed by atoms with Gasteiger partial charge in [-0.3, -0.25) is 9.79 Å². The van der Waals surface area contributed by atoms with Crippen molar-refractivity contribution in [2.75, 3.05) is 32.7 Å². The Morgan fingerprint density at radius 1 is 1.27 bits per heavy atom. The van der Waals surface area contributed by atoms with Crippen molar-refractivity contribution < 1.29 is 4.79 Å². The summed E-state index contributed by atoms with van der Waals surface area (Å²) in [5.41, 5.74) is 0. The number of carbonyl (C=O) groups excluding carboxylic acids is 1. The van der Waals surface area contributed by atoms with Gasteiger partial charge < -0.3 is 15.5 Å². The third-order valence-corrected chi connectivity index (χ3v) is 4.12. The van der Waals surface area contributed by atoms with Crippen molar-refractivity contribution in [2.24, 2.45) is 10.9 Å². The molecule has 0 atom stereocenters. The molecule has 1 amide bonds. The number of nitrogens with one attached hydrogen (secondary N) is 2. The highest BCUT2D eigenvalue weighted by Gasteiger charge is 2.20. The van der Waals surface area contributed by atoms with Gasteiger partial charge in [-0.1, -0.05) is 6.42 Å². The van der Waals surface area contributed by atoms with Crippen LogP contribution in [0, 0.1) is 5.92 Å². The molecule has 1 aliphatic carbocycles. The maximum Gasteiger partial charge on any atom is 0.222 e. The number of halogens is 1. The molecule has 0 spiro atoms. The molecule has 1 aliphatic heterocycles. The molecule has 2 N–H and O–H groups in total. The van der Waals surface area contributed by atoms with E-state index in [9.17, 15) is 4.79 Å². The molecule has 0 aromatic rings. The van der Waals surface area contributed by atoms with E-state index in [4.69, 9.17) is 0 Å². The normalized spacial score (nSPS) is 19.4. The number of likely N-dealkylation sites (tertiary alicyclic amines) is 1. The number of carbonyl (C=O) groups is 1. The lowest BCUT2D eigenvalue weighted by molar-refractivity contribution is -0.130. The number of aliphatic imine (C=N–C) groups is 1. The SMILES string of the molecule is CCNC(=NCC1CC1)NCCCN1CCCCCC1=O.I. The molecule has 128 valence electrons. The largest absolute Gasteiger partial charge is 0.357 e. The lowest BCUT2D eigenvalue weighted by Crippen LogP contribution is -2.39. The fourth-order valence-corrected chi connectivity index (χ4v) is 2.61. The number of rotatable bonds is 7. The number of hydrogen-bond donors (Lipinski definition) is 2. The van der Waals surface area contributed by atoms with Crippen molar-refractivity contribution in [3.63, 3.8) is 0 Å². The monoisotopic (exact) mass is 422 g/mol. The van der Waals surface area contributed by atoms with E-state index in [0.717, 1.165) is 70.3 Å². The molecule has 22 heavy (non-hydrogen) atoms. The van der Waals surface area contributed by atoms with Crippen LogP contribution in [0.3, 0.4) is 0 Å². The molecule has 2 rings (SSSR count). The maximum absolute atomic E-state index is 11.9. The van der Waals surface area contributed by atoms with Gasteiger partial charge in [0.2, 0.25) is 5.91 Å². The Labute approximate surface area is 151 Å². The van der Waals surface area contributed by atoms with E-state index in [1.807, 2.05) is 4.90 Å². The van der Waals surface area contributed by atoms with E-state index in [1.165, 1.54) is 19.3 Å². The molecular formula is C16H31IN4O. The van der Waals surface area contributed by atoms with Crippen LogP contribution in [0.5, 0.6) is 0 Å². The zero-order valence-electron chi connectivity index (χ0n) is 13.8. The third kappa shape index (κ3) is 7.65. The minimum Gasteiger partial charge on any atom is -0.357 e. The summed E-state index contributed by atoms with van der Waals surface area (Å²) in [4.78, 5) is 18.5. The second-order valence-electron chi connectivity index (χ2n) is 6.13. The number of hydrogen-bond acceptors (Lipinski definition) is 2. The molecular weight excluding hydrogens is 391 g/mol. The van der Waals surface area contributed by atoms with Gasteiger partial charge in [-0.05, 0) is 44.9 Å². The second kappa shape index (κ2) is 11.1. The highest BCUT2D eigenvalue weighted by molar-refractivity contribution is 14.0. The average Bonchev–Trinajstić information content (AvgIpc) is 3.30. The van der Waals surface area contributed by atoms with Crippen LogP contribution in [0.4, 0.5) is 0 Å². The predicted molar refractivity (Wildman–Crippen MR) is 102 cm³/mol. The first kappa shape index (κ1) is 19.5. The maximum atomic E-state index is 11.9. The molecule has 0 radical (unpaired) electrons. The molecule has 2 aliphatic rings. The summed E-state index contributed by atoms with van der Waals surface area (Å²) in [5.74, 6) is 2.07. The summed E-state index contributed by atoms with van der Waals surface area (Å²) in [6, 6.07) is 0. The van der Waals surface area contributed by atoms with Gasteiger partial charge in [-0.25, -0.2) is 0 Å². The number of guanidine groups is 1. The van der Waals surface area contributed by atoms with Crippen LogP contribution in [-0.2, 0) is 4.79 Å². The standard InChI is InChI=1S/C16H30N4O.HI/c1-2-17-16(19-13-14-8-9-14)18-10-6-12-20-11-5-3-4-7-15(20)21;/h14H,2-13H2,1H3,(H2,17,18,19);1H. The minimum atomic E-state index is 0. The minimum absolute atomic E-state index is 0. The predicted octanol–water partition coefficient (Wildman–Crippen LogP) is 2.36. The molecule has 0 unspecified atom stereocenters. The van der Waals surface area contributed by atoms with Crippen LogP contribution in [-0.4, -0.2) is 49.5 Å². The molecule has 1 saturated carbocycles. The molecule has 6 heteroatoms. The summed E-state index contributed by atoms with van der Waals surface area (Å²) >= 11 is 0. The summed E-state index contributed by atoms with van der Waals surface area (Å²) in [7, 11) is 0. The Hall–Kier alpha value is -0.530. The topological polar surface area (TPSA) is 56.7 Å². The van der Waals surface area contributed by atoms with Crippen LogP contribution in [0.2, 0.25) is 0 Å². The van der Waals surface area contributed by atoms with Gasteiger partial charge >= 0.3 is 0 Å². The molecule has 2 fully saturated rings. The molecule has 0 aromatic heterocycles. The Morgan fingerprint density at radius 2 is 2.09 bits per heavy atom. The number of amides is 1. The fourth-order valence-electron chi connectivity index (χ4n) is 2.61. The van der Waals surface area contributed by atoms with Crippen LogP contribution in [0.15, 0.2) is 4.99 Å². The van der Waals surface area contributed by atoms with Crippen LogP contribution < -0.4 is 10.6 Å². The van der Waals surface area contributed by atoms with Crippen molar-refractivity contribution >= 4 is 35.8 Å². The van der Waals surface area contributed by atoms with E-state index in [-0.39, 0.29) is 24.0 Å². The fraction of sp³-hybridized carbons (Fsp3) is 0.875. The quantitative estimate of drug-likeness (QED) is 0.287. The highest BCUT2D eigenvalue weighted by Crippen LogP contribution is 2.28. The smallest absolute Gasteiger partial charge is 0.222 e. The summed E-state index contributed by atoms with van der Waals surface area (Å²) in [6.45, 7) is 6.61. The zero-order chi connectivity index (χ0) is 14.9. The van der Waals surface area contributed by atoms with Gasteiger partial charge in [0.1, 0.15) is 0 Å². The van der Waals surface area contributed by atoms with Crippen LogP contribution in [0.1, 0.15) is 51.9 Å². The molecule has 1 saturated heterocycles. The van der Waals surface area contributed by atoms with Crippen molar-refractivity contribution in [3.05, 3.63) is 0 Å². The van der Waals surface area contributed by atoms with Gasteiger partial charge in [0.25, 0.3) is 0 Å². The van der Waals surface area contributed by atoms with Gasteiger partial charge in [0.15, 0.2) is 5.96 Å². The number of nitrogens with zero attached hydrogens (tertiary/aromatic N) is 2. The molecule has 0 bridgehead atoms. The van der Waals surface area contributed by atoms with Gasteiger partial charge in [0, 0.05) is 39.1 Å². The van der Waals surface area contributed by atoms with Crippen molar-refractivity contribution in [2.45, 2.75) is 51.9 Å². The summed E-state index contributed by atoms with van der Waals surface area (Å²) < 4.78 is 0. The van der Waals surface area contributed by atoms with Crippen LogP contribution in [0.25, 0.3) is 0 Å². The zero-order valence-corrected chi connectivity index (χ0v) is 16.1. The van der Waals surface area contributed by atoms with E-state index in [1.54, 1.807) is 0 Å². The second-order valence-corrected chi connectivity index (χ2v) is 6.13. The lowest BCUT2D eigenvalue weighted by atomic mass is 10.2. The summed E-state index contributed by atoms with van der Waals surface area (Å²) in [6.07, 6.45) is 7.80. The first-order chi connectivity index (χ1) is 10.3. The van der Waals surface area contributed by atoms with E-state index in [2.05, 4.69) is 22.5 Å². The molecule has 1 heterocycles. The first-order valence-electron chi connectivity index (χ1n) is 8.59. The Bertz CT molecular complexity index is 358. The van der Waals surface area contributed by atoms with E-state index in [0.29, 0.717) is 5.91 Å². The van der Waals surface area contributed by atoms with E-state index < -0.39 is 0 Å². The van der Waals surface area contributed by atoms with Crippen molar-refractivity contribution in [3.8, 4) is 0 Å². The Kier molecular flexibility index (Phi) is 9.82. The van der Waals surface area contributed by atoms with Gasteiger partial charge in [-0.15, -0.1) is 24.0 Å². The lowest BCUT2D eigenvalue weighted by Gasteiger charge is -2.20. The van der Waals surface area contributed by atoms with Crippen LogP contribution >= 0.6 is 24.0 Å². The highest BCUT2D eigenvalue weighted by atomic mass is 127.